The van der Waals surface area contributed by atoms with Gasteiger partial charge in [0.05, 0.1) is 5.54 Å². The summed E-state index contributed by atoms with van der Waals surface area (Å²) in [6.45, 7) is 3.30. The van der Waals surface area contributed by atoms with Crippen molar-refractivity contribution >= 4 is 17.3 Å². The van der Waals surface area contributed by atoms with Gasteiger partial charge in [-0.1, -0.05) is 30.5 Å². The Bertz CT molecular complexity index is 399. The molecule has 1 heterocycles. The van der Waals surface area contributed by atoms with Crippen LogP contribution in [0, 0.1) is 0 Å². The minimum Gasteiger partial charge on any atom is -0.363 e. The molecular formula is C14H19ClN2. The molecule has 2 fully saturated rings. The van der Waals surface area contributed by atoms with Gasteiger partial charge in [-0.15, -0.1) is 0 Å². The summed E-state index contributed by atoms with van der Waals surface area (Å²) >= 11 is 6.12. The van der Waals surface area contributed by atoms with Crippen molar-refractivity contribution in [3.8, 4) is 0 Å². The Labute approximate surface area is 108 Å². The van der Waals surface area contributed by atoms with Crippen LogP contribution in [-0.4, -0.2) is 25.2 Å². The number of hydrogen-bond donors (Lipinski definition) is 1. The van der Waals surface area contributed by atoms with E-state index in [2.05, 4.69) is 28.4 Å². The van der Waals surface area contributed by atoms with Crippen molar-refractivity contribution in [1.82, 2.24) is 5.32 Å². The monoisotopic (exact) mass is 250 g/mol. The number of hydrogen-bond acceptors (Lipinski definition) is 2. The molecule has 2 aliphatic rings. The molecule has 0 unspecified atom stereocenters. The van der Waals surface area contributed by atoms with Crippen LogP contribution in [0.25, 0.3) is 0 Å². The first-order chi connectivity index (χ1) is 8.30. The van der Waals surface area contributed by atoms with Crippen LogP contribution in [0.1, 0.15) is 25.7 Å². The molecule has 0 amide bonds. The first-order valence-corrected chi connectivity index (χ1v) is 6.92. The van der Waals surface area contributed by atoms with Crippen LogP contribution in [0.5, 0.6) is 0 Å². The quantitative estimate of drug-likeness (QED) is 0.824. The van der Waals surface area contributed by atoms with Crippen molar-refractivity contribution in [2.75, 3.05) is 24.5 Å². The summed E-state index contributed by atoms with van der Waals surface area (Å²) in [6.07, 6.45) is 5.34. The van der Waals surface area contributed by atoms with Crippen molar-refractivity contribution in [3.05, 3.63) is 29.3 Å². The zero-order valence-electron chi connectivity index (χ0n) is 10.1. The second kappa shape index (κ2) is 4.51. The standard InChI is InChI=1S/C14H19ClN2/c15-12-4-3-5-13(10-12)17-9-8-16-11-14(17)6-1-2-7-14/h3-5,10,16H,1-2,6-9,11H2. The Balaban J connectivity index is 1.93. The zero-order valence-corrected chi connectivity index (χ0v) is 10.8. The van der Waals surface area contributed by atoms with E-state index in [0.717, 1.165) is 24.7 Å². The van der Waals surface area contributed by atoms with E-state index in [4.69, 9.17) is 11.6 Å². The number of halogens is 1. The first kappa shape index (κ1) is 11.4. The second-order valence-corrected chi connectivity index (χ2v) is 5.68. The normalized spacial score (nSPS) is 23.2. The van der Waals surface area contributed by atoms with Crippen LogP contribution < -0.4 is 10.2 Å². The molecule has 2 nitrogen and oxygen atoms in total. The summed E-state index contributed by atoms with van der Waals surface area (Å²) in [6, 6.07) is 8.31. The van der Waals surface area contributed by atoms with Gasteiger partial charge < -0.3 is 10.2 Å². The fraction of sp³-hybridized carbons (Fsp3) is 0.571. The lowest BCUT2D eigenvalue weighted by Crippen LogP contribution is -2.60. The van der Waals surface area contributed by atoms with Crippen molar-refractivity contribution in [2.45, 2.75) is 31.2 Å². The number of benzene rings is 1. The highest BCUT2D eigenvalue weighted by atomic mass is 35.5. The molecule has 92 valence electrons. The minimum atomic E-state index is 0.350. The van der Waals surface area contributed by atoms with Gasteiger partial charge in [-0.2, -0.15) is 0 Å². The van der Waals surface area contributed by atoms with Crippen LogP contribution >= 0.6 is 11.6 Å². The number of nitrogens with one attached hydrogen (secondary N) is 1. The summed E-state index contributed by atoms with van der Waals surface area (Å²) < 4.78 is 0. The van der Waals surface area contributed by atoms with Crippen molar-refractivity contribution in [3.63, 3.8) is 0 Å². The second-order valence-electron chi connectivity index (χ2n) is 5.24. The molecule has 0 bridgehead atoms. The summed E-state index contributed by atoms with van der Waals surface area (Å²) in [7, 11) is 0. The molecule has 1 spiro atoms. The Kier molecular flexibility index (Phi) is 3.01. The molecule has 1 aliphatic carbocycles. The van der Waals surface area contributed by atoms with E-state index in [0.29, 0.717) is 5.54 Å². The van der Waals surface area contributed by atoms with Crippen molar-refractivity contribution < 1.29 is 0 Å². The van der Waals surface area contributed by atoms with Crippen LogP contribution in [0.4, 0.5) is 5.69 Å². The molecule has 0 radical (unpaired) electrons. The van der Waals surface area contributed by atoms with Gasteiger partial charge in [0.25, 0.3) is 0 Å². The molecule has 0 aromatic heterocycles. The average Bonchev–Trinajstić information content (AvgIpc) is 2.79. The fourth-order valence-corrected chi connectivity index (χ4v) is 3.56. The Hall–Kier alpha value is -0.730. The van der Waals surface area contributed by atoms with Gasteiger partial charge in [0, 0.05) is 30.3 Å². The summed E-state index contributed by atoms with van der Waals surface area (Å²) in [5, 5.41) is 4.40. The molecule has 1 aliphatic heterocycles. The molecule has 1 aromatic rings. The highest BCUT2D eigenvalue weighted by molar-refractivity contribution is 6.30. The molecule has 1 saturated carbocycles. The molecule has 0 atom stereocenters. The van der Waals surface area contributed by atoms with Crippen LogP contribution in [0.3, 0.4) is 0 Å². The topological polar surface area (TPSA) is 15.3 Å². The Morgan fingerprint density at radius 1 is 1.24 bits per heavy atom. The van der Waals surface area contributed by atoms with Gasteiger partial charge >= 0.3 is 0 Å². The number of piperazine rings is 1. The van der Waals surface area contributed by atoms with E-state index in [-0.39, 0.29) is 0 Å². The third-order valence-corrected chi connectivity index (χ3v) is 4.43. The van der Waals surface area contributed by atoms with Gasteiger partial charge in [0.15, 0.2) is 0 Å². The smallest absolute Gasteiger partial charge is 0.0527 e. The molecule has 1 saturated heterocycles. The van der Waals surface area contributed by atoms with Gasteiger partial charge in [-0.05, 0) is 31.0 Å². The van der Waals surface area contributed by atoms with E-state index in [1.807, 2.05) is 6.07 Å². The van der Waals surface area contributed by atoms with E-state index < -0.39 is 0 Å². The number of rotatable bonds is 1. The number of nitrogens with zero attached hydrogens (tertiary/aromatic N) is 1. The van der Waals surface area contributed by atoms with Crippen LogP contribution in [0.15, 0.2) is 24.3 Å². The van der Waals surface area contributed by atoms with Gasteiger partial charge in [0.2, 0.25) is 0 Å². The maximum absolute atomic E-state index is 6.12. The van der Waals surface area contributed by atoms with Crippen LogP contribution in [0.2, 0.25) is 5.02 Å². The average molecular weight is 251 g/mol. The number of anilines is 1. The highest BCUT2D eigenvalue weighted by Gasteiger charge is 2.41. The lowest BCUT2D eigenvalue weighted by molar-refractivity contribution is 0.332. The predicted molar refractivity (Wildman–Crippen MR) is 72.9 cm³/mol. The summed E-state index contributed by atoms with van der Waals surface area (Å²) in [5.41, 5.74) is 1.64. The highest BCUT2D eigenvalue weighted by Crippen LogP contribution is 2.39. The minimum absolute atomic E-state index is 0.350. The predicted octanol–water partition coefficient (Wildman–Crippen LogP) is 3.06. The fourth-order valence-electron chi connectivity index (χ4n) is 3.37. The van der Waals surface area contributed by atoms with Gasteiger partial charge in [-0.3, -0.25) is 0 Å². The summed E-state index contributed by atoms with van der Waals surface area (Å²) in [5.74, 6) is 0. The van der Waals surface area contributed by atoms with E-state index in [9.17, 15) is 0 Å². The molecule has 3 rings (SSSR count). The molecule has 1 N–H and O–H groups in total. The Morgan fingerprint density at radius 2 is 2.06 bits per heavy atom. The SMILES string of the molecule is Clc1cccc(N2CCNCC23CCCC3)c1. The third kappa shape index (κ3) is 2.04. The first-order valence-electron chi connectivity index (χ1n) is 6.54. The van der Waals surface area contributed by atoms with Crippen molar-refractivity contribution in [2.24, 2.45) is 0 Å². The van der Waals surface area contributed by atoms with Crippen LogP contribution in [-0.2, 0) is 0 Å². The Morgan fingerprint density at radius 3 is 2.82 bits per heavy atom. The third-order valence-electron chi connectivity index (χ3n) is 4.19. The van der Waals surface area contributed by atoms with Crippen molar-refractivity contribution in [1.29, 1.82) is 0 Å². The summed E-state index contributed by atoms with van der Waals surface area (Å²) in [4.78, 5) is 2.59. The molecule has 17 heavy (non-hydrogen) atoms. The van der Waals surface area contributed by atoms with E-state index >= 15 is 0 Å². The molecular weight excluding hydrogens is 232 g/mol. The lowest BCUT2D eigenvalue weighted by atomic mass is 9.92. The maximum Gasteiger partial charge on any atom is 0.0527 e. The largest absolute Gasteiger partial charge is 0.363 e. The molecule has 3 heteroatoms. The lowest BCUT2D eigenvalue weighted by Gasteiger charge is -2.47. The van der Waals surface area contributed by atoms with Gasteiger partial charge in [-0.25, -0.2) is 0 Å². The van der Waals surface area contributed by atoms with Gasteiger partial charge in [0.1, 0.15) is 0 Å². The van der Waals surface area contributed by atoms with E-state index in [1.54, 1.807) is 0 Å². The zero-order chi connectivity index (χ0) is 11.7. The maximum atomic E-state index is 6.12. The van der Waals surface area contributed by atoms with E-state index in [1.165, 1.54) is 31.4 Å². The molecule has 1 aromatic carbocycles.